The maximum atomic E-state index is 11.8. The molecule has 0 aliphatic heterocycles. The van der Waals surface area contributed by atoms with E-state index in [0.29, 0.717) is 12.1 Å². The van der Waals surface area contributed by atoms with Crippen LogP contribution in [-0.4, -0.2) is 5.78 Å². The first kappa shape index (κ1) is 17.9. The van der Waals surface area contributed by atoms with Crippen LogP contribution in [0, 0.1) is 24.6 Å². The number of nitrogens with zero attached hydrogens (tertiary/aromatic N) is 1. The van der Waals surface area contributed by atoms with Gasteiger partial charge in [-0.05, 0) is 11.5 Å². The van der Waals surface area contributed by atoms with Crippen LogP contribution < -0.4 is 0 Å². The number of hydrogen-bond acceptors (Lipinski definition) is 1. The molecular weight excluding hydrogens is 314 g/mol. The van der Waals surface area contributed by atoms with Crippen LogP contribution in [0.4, 0.5) is 5.69 Å². The van der Waals surface area contributed by atoms with E-state index in [1.54, 1.807) is 18.2 Å². The number of carbonyl (C=O) groups excluding carboxylic acids is 1. The van der Waals surface area contributed by atoms with Crippen LogP contribution in [-0.2, 0) is 28.3 Å². The average molecular weight is 329 g/mol. The van der Waals surface area contributed by atoms with Crippen molar-refractivity contribution in [1.29, 1.82) is 0 Å². The Morgan fingerprint density at radius 1 is 1.32 bits per heavy atom. The fourth-order valence-electron chi connectivity index (χ4n) is 1.92. The molecule has 0 saturated heterocycles. The Bertz CT molecular complexity index is 623. The zero-order valence-corrected chi connectivity index (χ0v) is 13.1. The third-order valence-corrected chi connectivity index (χ3v) is 3.05. The second-order valence-electron chi connectivity index (χ2n) is 4.63. The van der Waals surface area contributed by atoms with E-state index in [0.717, 1.165) is 12.0 Å². The summed E-state index contributed by atoms with van der Waals surface area (Å²) in [5, 5.41) is 0. The van der Waals surface area contributed by atoms with Crippen LogP contribution >= 0.6 is 0 Å². The van der Waals surface area contributed by atoms with Gasteiger partial charge in [-0.25, -0.2) is 29.1 Å². The molecule has 2 aliphatic carbocycles. The van der Waals surface area contributed by atoms with Crippen molar-refractivity contribution < 1.29 is 21.9 Å². The standard InChI is InChI=1S/C14H10NO.C5H5.Fe/c1-15-13-8-6-11(7-9-13)10-14(16)12-4-2-3-5-12;1-2-4-5-3-1;/h2-4,6-9,12H,10H2;1-2,5H,3H2;/q2*-1;+2. The Morgan fingerprint density at radius 2 is 2.09 bits per heavy atom. The van der Waals surface area contributed by atoms with Crippen LogP contribution in [0.25, 0.3) is 4.85 Å². The molecule has 2 aliphatic rings. The molecule has 22 heavy (non-hydrogen) atoms. The minimum atomic E-state index is -0.194. The number of carbonyl (C=O) groups is 1. The van der Waals surface area contributed by atoms with Crippen LogP contribution in [0.5, 0.6) is 0 Å². The summed E-state index contributed by atoms with van der Waals surface area (Å²) in [5.41, 5.74) is 1.54. The minimum Gasteiger partial charge on any atom is -0.300 e. The number of hydrogen-bond donors (Lipinski definition) is 0. The molecule has 1 aromatic rings. The van der Waals surface area contributed by atoms with Crippen LogP contribution in [0.1, 0.15) is 12.0 Å². The van der Waals surface area contributed by atoms with Crippen molar-refractivity contribution >= 4 is 11.5 Å². The topological polar surface area (TPSA) is 21.4 Å². The predicted octanol–water partition coefficient (Wildman–Crippen LogP) is 4.20. The van der Waals surface area contributed by atoms with Crippen molar-refractivity contribution in [3.8, 4) is 0 Å². The first-order valence-corrected chi connectivity index (χ1v) is 6.77. The second-order valence-corrected chi connectivity index (χ2v) is 4.63. The summed E-state index contributed by atoms with van der Waals surface area (Å²) in [6.45, 7) is 6.83. The number of Topliss-reactive ketones (excluding diaryl/α,β-unsaturated/α-hetero) is 1. The zero-order valence-electron chi connectivity index (χ0n) is 12.0. The van der Waals surface area contributed by atoms with E-state index >= 15 is 0 Å². The van der Waals surface area contributed by atoms with E-state index in [4.69, 9.17) is 6.57 Å². The van der Waals surface area contributed by atoms with Gasteiger partial charge in [0.05, 0.1) is 6.57 Å². The maximum absolute atomic E-state index is 11.8. The summed E-state index contributed by atoms with van der Waals surface area (Å²) in [5.74, 6) is -0.0545. The van der Waals surface area contributed by atoms with Gasteiger partial charge in [-0.3, -0.25) is 12.2 Å². The Morgan fingerprint density at radius 3 is 2.55 bits per heavy atom. The van der Waals surface area contributed by atoms with Gasteiger partial charge in [0, 0.05) is 6.42 Å². The molecular formula is C19H15FeNO. The van der Waals surface area contributed by atoms with E-state index in [1.165, 1.54) is 0 Å². The largest absolute Gasteiger partial charge is 2.00 e. The quantitative estimate of drug-likeness (QED) is 0.602. The van der Waals surface area contributed by atoms with Gasteiger partial charge >= 0.3 is 17.1 Å². The van der Waals surface area contributed by atoms with Gasteiger partial charge in [0.2, 0.25) is 0 Å². The summed E-state index contributed by atoms with van der Waals surface area (Å²) < 4.78 is 0. The number of rotatable bonds is 3. The van der Waals surface area contributed by atoms with Crippen molar-refractivity contribution in [3.63, 3.8) is 0 Å². The third-order valence-electron chi connectivity index (χ3n) is 3.05. The van der Waals surface area contributed by atoms with E-state index < -0.39 is 0 Å². The Kier molecular flexibility index (Phi) is 7.92. The Hall–Kier alpha value is -2.14. The van der Waals surface area contributed by atoms with Gasteiger partial charge in [0.1, 0.15) is 5.78 Å². The molecule has 0 heterocycles. The Labute approximate surface area is 142 Å². The smallest absolute Gasteiger partial charge is 0.300 e. The van der Waals surface area contributed by atoms with Crippen molar-refractivity contribution in [2.45, 2.75) is 12.8 Å². The molecule has 0 fully saturated rings. The van der Waals surface area contributed by atoms with Crippen molar-refractivity contribution in [2.75, 3.05) is 0 Å². The summed E-state index contributed by atoms with van der Waals surface area (Å²) >= 11 is 0. The van der Waals surface area contributed by atoms with Crippen LogP contribution in [0.3, 0.4) is 0 Å². The van der Waals surface area contributed by atoms with E-state index in [2.05, 4.69) is 23.1 Å². The molecule has 1 aromatic carbocycles. The van der Waals surface area contributed by atoms with Gasteiger partial charge < -0.3 is 4.79 Å². The number of allylic oxidation sites excluding steroid dienone is 8. The summed E-state index contributed by atoms with van der Waals surface area (Å²) in [7, 11) is 0. The Balaban J connectivity index is 0.000000344. The molecule has 0 aromatic heterocycles. The first-order valence-electron chi connectivity index (χ1n) is 6.77. The predicted molar refractivity (Wildman–Crippen MR) is 83.4 cm³/mol. The fourth-order valence-corrected chi connectivity index (χ4v) is 1.92. The molecule has 0 radical (unpaired) electrons. The molecule has 0 amide bonds. The zero-order chi connectivity index (χ0) is 14.9. The van der Waals surface area contributed by atoms with Crippen molar-refractivity contribution in [3.05, 3.63) is 89.9 Å². The SMILES string of the molecule is [C-]#[N+]c1ccc(CC(=O)C2[C-]=CC=C2)cc1.[C-]1=CCC=C1.[Fe+2]. The molecule has 0 bridgehead atoms. The minimum absolute atomic E-state index is 0. The van der Waals surface area contributed by atoms with Gasteiger partial charge in [0.15, 0.2) is 5.69 Å². The van der Waals surface area contributed by atoms with E-state index in [-0.39, 0.29) is 28.8 Å². The molecule has 1 unspecified atom stereocenters. The van der Waals surface area contributed by atoms with Crippen molar-refractivity contribution in [1.82, 2.24) is 0 Å². The molecule has 3 rings (SSSR count). The molecule has 2 nitrogen and oxygen atoms in total. The summed E-state index contributed by atoms with van der Waals surface area (Å²) in [6.07, 6.45) is 18.8. The maximum Gasteiger partial charge on any atom is 2.00 e. The normalized spacial score (nSPS) is 16.6. The van der Waals surface area contributed by atoms with Crippen LogP contribution in [0.2, 0.25) is 0 Å². The van der Waals surface area contributed by atoms with E-state index in [9.17, 15) is 4.79 Å². The molecule has 0 spiro atoms. The second kappa shape index (κ2) is 9.73. The first-order chi connectivity index (χ1) is 10.3. The third kappa shape index (κ3) is 5.69. The number of ketones is 1. The molecule has 1 atom stereocenters. The average Bonchev–Trinajstić information content (AvgIpc) is 3.23. The van der Waals surface area contributed by atoms with Gasteiger partial charge in [-0.15, -0.1) is 6.42 Å². The van der Waals surface area contributed by atoms with Crippen molar-refractivity contribution in [2.24, 2.45) is 5.92 Å². The fraction of sp³-hybridized carbons (Fsp3) is 0.158. The molecule has 0 N–H and O–H groups in total. The summed E-state index contributed by atoms with van der Waals surface area (Å²) in [6, 6.07) is 7.13. The van der Waals surface area contributed by atoms with E-state index in [1.807, 2.05) is 36.4 Å². The molecule has 110 valence electrons. The van der Waals surface area contributed by atoms with Gasteiger partial charge in [-0.2, -0.15) is 12.2 Å². The van der Waals surface area contributed by atoms with Crippen LogP contribution in [0.15, 0.2) is 60.7 Å². The summed E-state index contributed by atoms with van der Waals surface area (Å²) in [4.78, 5) is 15.1. The molecule has 0 saturated carbocycles. The van der Waals surface area contributed by atoms with Gasteiger partial charge in [-0.1, -0.05) is 24.3 Å². The monoisotopic (exact) mass is 329 g/mol. The van der Waals surface area contributed by atoms with Gasteiger partial charge in [0.25, 0.3) is 0 Å². The molecule has 3 heteroatoms. The number of benzene rings is 1.